The summed E-state index contributed by atoms with van der Waals surface area (Å²) in [7, 11) is 1.37. The van der Waals surface area contributed by atoms with Gasteiger partial charge in [0, 0.05) is 18.2 Å². The summed E-state index contributed by atoms with van der Waals surface area (Å²) < 4.78 is 4.49. The third kappa shape index (κ3) is 5.06. The van der Waals surface area contributed by atoms with Crippen LogP contribution in [0.25, 0.3) is 0 Å². The van der Waals surface area contributed by atoms with Gasteiger partial charge in [-0.25, -0.2) is 0 Å². The highest BCUT2D eigenvalue weighted by atomic mass is 32.2. The lowest BCUT2D eigenvalue weighted by Crippen LogP contribution is -2.26. The van der Waals surface area contributed by atoms with Crippen LogP contribution in [-0.2, 0) is 14.3 Å². The molecular weight excluding hydrogens is 214 g/mol. The first-order chi connectivity index (χ1) is 7.13. The van der Waals surface area contributed by atoms with E-state index in [4.69, 9.17) is 0 Å². The maximum atomic E-state index is 11.3. The molecule has 4 nitrogen and oxygen atoms in total. The summed E-state index contributed by atoms with van der Waals surface area (Å²) in [5.41, 5.74) is 0. The average Bonchev–Trinajstić information content (AvgIpc) is 2.88. The Hall–Kier alpha value is -0.710. The molecule has 0 aromatic heterocycles. The Morgan fingerprint density at radius 2 is 2.20 bits per heavy atom. The van der Waals surface area contributed by atoms with Crippen LogP contribution in [0.2, 0.25) is 0 Å². The van der Waals surface area contributed by atoms with Gasteiger partial charge in [-0.15, -0.1) is 11.8 Å². The Morgan fingerprint density at radius 3 is 2.73 bits per heavy atom. The van der Waals surface area contributed by atoms with Crippen LogP contribution in [0, 0.1) is 5.92 Å². The summed E-state index contributed by atoms with van der Waals surface area (Å²) in [6.07, 6.45) is 1.58. The number of ether oxygens (including phenoxy) is 1. The number of nitrogens with one attached hydrogen (secondary N) is 1. The van der Waals surface area contributed by atoms with Crippen LogP contribution in [0.5, 0.6) is 0 Å². The van der Waals surface area contributed by atoms with Crippen LogP contribution in [0.3, 0.4) is 0 Å². The van der Waals surface area contributed by atoms with Gasteiger partial charge in [-0.05, 0) is 12.3 Å². The molecule has 15 heavy (non-hydrogen) atoms. The molecule has 0 saturated heterocycles. The summed E-state index contributed by atoms with van der Waals surface area (Å²) >= 11 is 1.43. The predicted molar refractivity (Wildman–Crippen MR) is 59.7 cm³/mol. The highest BCUT2D eigenvalue weighted by Gasteiger charge is 2.33. The number of thioether (sulfide) groups is 1. The molecule has 0 aromatic carbocycles. The second-order valence-corrected chi connectivity index (χ2v) is 4.87. The number of esters is 1. The zero-order valence-corrected chi connectivity index (χ0v) is 9.93. The van der Waals surface area contributed by atoms with E-state index in [0.717, 1.165) is 6.42 Å². The van der Waals surface area contributed by atoms with Crippen LogP contribution in [0.1, 0.15) is 19.8 Å². The Bertz CT molecular complexity index is 245. The van der Waals surface area contributed by atoms with Gasteiger partial charge in [-0.1, -0.05) is 6.92 Å². The van der Waals surface area contributed by atoms with Crippen molar-refractivity contribution in [3.05, 3.63) is 0 Å². The van der Waals surface area contributed by atoms with Crippen molar-refractivity contribution >= 4 is 23.6 Å². The monoisotopic (exact) mass is 231 g/mol. The summed E-state index contributed by atoms with van der Waals surface area (Å²) in [6, 6.07) is 0.392. The maximum absolute atomic E-state index is 11.3. The summed E-state index contributed by atoms with van der Waals surface area (Å²) in [5.74, 6) is 1.47. The quantitative estimate of drug-likeness (QED) is 0.543. The maximum Gasteiger partial charge on any atom is 0.315 e. The molecule has 0 spiro atoms. The van der Waals surface area contributed by atoms with Gasteiger partial charge < -0.3 is 10.1 Å². The van der Waals surface area contributed by atoms with E-state index >= 15 is 0 Å². The van der Waals surface area contributed by atoms with Crippen LogP contribution in [-0.4, -0.2) is 36.5 Å². The van der Waals surface area contributed by atoms with Gasteiger partial charge in [0.1, 0.15) is 0 Å². The third-order valence-electron chi connectivity index (χ3n) is 2.38. The highest BCUT2D eigenvalue weighted by Crippen LogP contribution is 2.28. The molecule has 1 aliphatic carbocycles. The third-order valence-corrected chi connectivity index (χ3v) is 3.31. The van der Waals surface area contributed by atoms with E-state index in [1.54, 1.807) is 0 Å². The molecule has 5 heteroatoms. The van der Waals surface area contributed by atoms with E-state index in [1.807, 2.05) is 0 Å². The number of hydrogen-bond acceptors (Lipinski definition) is 4. The van der Waals surface area contributed by atoms with Crippen molar-refractivity contribution in [2.75, 3.05) is 18.6 Å². The smallest absolute Gasteiger partial charge is 0.315 e. The SMILES string of the molecule is COC(=O)CSCCC(=O)N[C@@H]1C[C@H]1C. The Labute approximate surface area is 94.1 Å². The van der Waals surface area contributed by atoms with Crippen LogP contribution < -0.4 is 5.32 Å². The fourth-order valence-electron chi connectivity index (χ4n) is 1.18. The first-order valence-corrected chi connectivity index (χ1v) is 6.23. The number of amides is 1. The number of carbonyl (C=O) groups is 2. The van der Waals surface area contributed by atoms with Gasteiger partial charge in [0.15, 0.2) is 0 Å². The van der Waals surface area contributed by atoms with Gasteiger partial charge in [-0.3, -0.25) is 9.59 Å². The number of rotatable bonds is 6. The number of carbonyl (C=O) groups excluding carboxylic acids is 2. The van der Waals surface area contributed by atoms with E-state index in [9.17, 15) is 9.59 Å². The Kier molecular flexibility index (Phi) is 4.94. The molecule has 0 bridgehead atoms. The van der Waals surface area contributed by atoms with Crippen LogP contribution in [0.15, 0.2) is 0 Å². The van der Waals surface area contributed by atoms with E-state index in [-0.39, 0.29) is 11.9 Å². The lowest BCUT2D eigenvalue weighted by Gasteiger charge is -2.03. The summed E-state index contributed by atoms with van der Waals surface area (Å²) in [4.78, 5) is 22.1. The first kappa shape index (κ1) is 12.4. The van der Waals surface area contributed by atoms with Crippen molar-refractivity contribution in [1.82, 2.24) is 5.32 Å². The topological polar surface area (TPSA) is 55.4 Å². The van der Waals surface area contributed by atoms with Crippen LogP contribution >= 0.6 is 11.8 Å². The van der Waals surface area contributed by atoms with Crippen molar-refractivity contribution in [1.29, 1.82) is 0 Å². The van der Waals surface area contributed by atoms with E-state index in [0.29, 0.717) is 29.9 Å². The lowest BCUT2D eigenvalue weighted by atomic mass is 10.4. The van der Waals surface area contributed by atoms with Crippen molar-refractivity contribution in [3.63, 3.8) is 0 Å². The van der Waals surface area contributed by atoms with E-state index in [2.05, 4.69) is 17.0 Å². The molecule has 2 atom stereocenters. The molecule has 0 aliphatic heterocycles. The molecule has 0 unspecified atom stereocenters. The molecule has 1 fully saturated rings. The van der Waals surface area contributed by atoms with E-state index < -0.39 is 0 Å². The van der Waals surface area contributed by atoms with Crippen molar-refractivity contribution < 1.29 is 14.3 Å². The van der Waals surface area contributed by atoms with Crippen LogP contribution in [0.4, 0.5) is 0 Å². The van der Waals surface area contributed by atoms with Gasteiger partial charge in [0.2, 0.25) is 5.91 Å². The fourth-order valence-corrected chi connectivity index (χ4v) is 1.94. The highest BCUT2D eigenvalue weighted by molar-refractivity contribution is 7.99. The first-order valence-electron chi connectivity index (χ1n) is 5.07. The molecule has 1 N–H and O–H groups in total. The second-order valence-electron chi connectivity index (χ2n) is 3.77. The molecule has 1 amide bonds. The molecule has 1 rings (SSSR count). The zero-order valence-electron chi connectivity index (χ0n) is 9.12. The lowest BCUT2D eigenvalue weighted by molar-refractivity contribution is -0.137. The van der Waals surface area contributed by atoms with Gasteiger partial charge in [-0.2, -0.15) is 0 Å². The van der Waals surface area contributed by atoms with Gasteiger partial charge in [0.05, 0.1) is 12.9 Å². The summed E-state index contributed by atoms with van der Waals surface area (Å²) in [6.45, 7) is 2.12. The molecule has 0 heterocycles. The summed E-state index contributed by atoms with van der Waals surface area (Å²) in [5, 5.41) is 2.94. The minimum atomic E-state index is -0.240. The van der Waals surface area contributed by atoms with Gasteiger partial charge in [0.25, 0.3) is 0 Å². The second kappa shape index (κ2) is 6.00. The molecule has 0 aromatic rings. The van der Waals surface area contributed by atoms with Crippen molar-refractivity contribution in [3.8, 4) is 0 Å². The predicted octanol–water partition coefficient (Wildman–Crippen LogP) is 0.807. The van der Waals surface area contributed by atoms with Gasteiger partial charge >= 0.3 is 5.97 Å². The average molecular weight is 231 g/mol. The fraction of sp³-hybridized carbons (Fsp3) is 0.800. The minimum absolute atomic E-state index is 0.0849. The Morgan fingerprint density at radius 1 is 1.53 bits per heavy atom. The number of hydrogen-bond donors (Lipinski definition) is 1. The standard InChI is InChI=1S/C10H17NO3S/c1-7-5-8(7)11-9(12)3-4-15-6-10(13)14-2/h7-8H,3-6H2,1-2H3,(H,11,12)/t7-,8-/m1/s1. The molecule has 1 aliphatic rings. The number of methoxy groups -OCH3 is 1. The molecule has 86 valence electrons. The molecule has 0 radical (unpaired) electrons. The normalized spacial score (nSPS) is 23.3. The molecule has 1 saturated carbocycles. The Balaban J connectivity index is 1.95. The molecular formula is C10H17NO3S. The van der Waals surface area contributed by atoms with E-state index in [1.165, 1.54) is 18.9 Å². The van der Waals surface area contributed by atoms with Crippen molar-refractivity contribution in [2.45, 2.75) is 25.8 Å². The zero-order chi connectivity index (χ0) is 11.3. The largest absolute Gasteiger partial charge is 0.468 e. The minimum Gasteiger partial charge on any atom is -0.468 e. The van der Waals surface area contributed by atoms with Crippen molar-refractivity contribution in [2.24, 2.45) is 5.92 Å².